The fourth-order valence-corrected chi connectivity index (χ4v) is 1.39. The molecular formula is C13H21NO3. The van der Waals surface area contributed by atoms with Crippen LogP contribution in [0.15, 0.2) is 23.0 Å². The molecule has 0 aliphatic rings. The van der Waals surface area contributed by atoms with Gasteiger partial charge >= 0.3 is 5.97 Å². The van der Waals surface area contributed by atoms with Gasteiger partial charge in [0, 0.05) is 11.8 Å². The van der Waals surface area contributed by atoms with Crippen LogP contribution in [0.2, 0.25) is 0 Å². The molecule has 1 aromatic heterocycles. The van der Waals surface area contributed by atoms with E-state index in [0.717, 1.165) is 12.1 Å². The van der Waals surface area contributed by atoms with Crippen LogP contribution in [0.4, 0.5) is 0 Å². The Morgan fingerprint density at radius 1 is 1.29 bits per heavy atom. The lowest BCUT2D eigenvalue weighted by Crippen LogP contribution is -2.27. The molecule has 0 aromatic carbocycles. The van der Waals surface area contributed by atoms with Gasteiger partial charge in [0.1, 0.15) is 6.54 Å². The first kappa shape index (κ1) is 15.4. The number of esters is 1. The lowest BCUT2D eigenvalue weighted by Gasteiger charge is -2.09. The van der Waals surface area contributed by atoms with Gasteiger partial charge in [0.05, 0.1) is 6.61 Å². The Morgan fingerprint density at radius 3 is 2.47 bits per heavy atom. The Hall–Kier alpha value is -1.58. The highest BCUT2D eigenvalue weighted by Crippen LogP contribution is 1.98. The van der Waals surface area contributed by atoms with Gasteiger partial charge in [-0.05, 0) is 19.4 Å². The predicted octanol–water partition coefficient (Wildman–Crippen LogP) is 2.00. The summed E-state index contributed by atoms with van der Waals surface area (Å²) < 4.78 is 6.24. The number of aromatic nitrogens is 1. The second-order valence-electron chi connectivity index (χ2n) is 3.10. The normalized spacial score (nSPS) is 9.18. The molecule has 0 spiro atoms. The molecule has 0 unspecified atom stereocenters. The lowest BCUT2D eigenvalue weighted by atomic mass is 10.3. The van der Waals surface area contributed by atoms with Crippen LogP contribution in [-0.2, 0) is 22.5 Å². The molecule has 17 heavy (non-hydrogen) atoms. The van der Waals surface area contributed by atoms with E-state index in [-0.39, 0.29) is 18.1 Å². The summed E-state index contributed by atoms with van der Waals surface area (Å²) >= 11 is 0. The van der Waals surface area contributed by atoms with Crippen LogP contribution in [0.25, 0.3) is 0 Å². The minimum atomic E-state index is -0.375. The second kappa shape index (κ2) is 8.56. The van der Waals surface area contributed by atoms with E-state index in [4.69, 9.17) is 4.74 Å². The molecule has 96 valence electrons. The zero-order valence-corrected chi connectivity index (χ0v) is 11.0. The molecule has 0 amide bonds. The zero-order chi connectivity index (χ0) is 13.3. The molecule has 1 aromatic rings. The van der Waals surface area contributed by atoms with Crippen molar-refractivity contribution in [1.82, 2.24) is 4.57 Å². The summed E-state index contributed by atoms with van der Waals surface area (Å²) in [6.45, 7) is 8.02. The minimum absolute atomic E-state index is 0.00329. The summed E-state index contributed by atoms with van der Waals surface area (Å²) in [4.78, 5) is 22.7. The molecule has 0 fully saturated rings. The van der Waals surface area contributed by atoms with Crippen molar-refractivity contribution in [1.29, 1.82) is 0 Å². The monoisotopic (exact) mass is 239 g/mol. The molecule has 0 atom stereocenters. The largest absolute Gasteiger partial charge is 0.465 e. The fourth-order valence-electron chi connectivity index (χ4n) is 1.39. The Morgan fingerprint density at radius 2 is 1.94 bits per heavy atom. The van der Waals surface area contributed by atoms with Gasteiger partial charge in [-0.1, -0.05) is 26.8 Å². The third kappa shape index (κ3) is 4.85. The summed E-state index contributed by atoms with van der Waals surface area (Å²) in [6, 6.07) is 4.97. The van der Waals surface area contributed by atoms with Crippen LogP contribution in [0.1, 0.15) is 33.4 Å². The highest BCUT2D eigenvalue weighted by atomic mass is 16.5. The SMILES string of the molecule is CC.CCOC(=O)Cn1c(CC)cccc1=O. The summed E-state index contributed by atoms with van der Waals surface area (Å²) in [6.07, 6.45) is 0.718. The lowest BCUT2D eigenvalue weighted by molar-refractivity contribution is -0.143. The van der Waals surface area contributed by atoms with Crippen molar-refractivity contribution in [2.24, 2.45) is 0 Å². The van der Waals surface area contributed by atoms with Crippen LogP contribution in [-0.4, -0.2) is 17.1 Å². The number of carbonyl (C=O) groups is 1. The van der Waals surface area contributed by atoms with Gasteiger partial charge in [-0.2, -0.15) is 0 Å². The van der Waals surface area contributed by atoms with Crippen molar-refractivity contribution in [2.75, 3.05) is 6.61 Å². The van der Waals surface area contributed by atoms with Crippen LogP contribution in [0.3, 0.4) is 0 Å². The van der Waals surface area contributed by atoms with Crippen molar-refractivity contribution in [3.8, 4) is 0 Å². The van der Waals surface area contributed by atoms with Crippen molar-refractivity contribution < 1.29 is 9.53 Å². The molecule has 0 bridgehead atoms. The van der Waals surface area contributed by atoms with E-state index in [1.807, 2.05) is 26.8 Å². The molecule has 0 aliphatic carbocycles. The maximum Gasteiger partial charge on any atom is 0.326 e. The molecule has 1 heterocycles. The Balaban J connectivity index is 0.00000121. The first-order chi connectivity index (χ1) is 8.19. The number of nitrogens with zero attached hydrogens (tertiary/aromatic N) is 1. The molecule has 4 nitrogen and oxygen atoms in total. The highest BCUT2D eigenvalue weighted by Gasteiger charge is 2.07. The predicted molar refractivity (Wildman–Crippen MR) is 68.1 cm³/mol. The molecule has 0 N–H and O–H groups in total. The van der Waals surface area contributed by atoms with Crippen molar-refractivity contribution in [3.05, 3.63) is 34.2 Å². The van der Waals surface area contributed by atoms with Gasteiger partial charge in [-0.25, -0.2) is 0 Å². The van der Waals surface area contributed by atoms with Crippen molar-refractivity contribution in [2.45, 2.75) is 40.7 Å². The first-order valence-corrected chi connectivity index (χ1v) is 6.03. The average molecular weight is 239 g/mol. The fraction of sp³-hybridized carbons (Fsp3) is 0.538. The average Bonchev–Trinajstić information content (AvgIpc) is 2.34. The number of hydrogen-bond acceptors (Lipinski definition) is 3. The molecular weight excluding hydrogens is 218 g/mol. The van der Waals surface area contributed by atoms with Gasteiger partial charge < -0.3 is 9.30 Å². The minimum Gasteiger partial charge on any atom is -0.465 e. The Bertz CT molecular complexity index is 396. The molecule has 0 saturated heterocycles. The molecule has 1 rings (SSSR count). The molecule has 0 saturated carbocycles. The van der Waals surface area contributed by atoms with Crippen LogP contribution < -0.4 is 5.56 Å². The zero-order valence-electron chi connectivity index (χ0n) is 11.0. The smallest absolute Gasteiger partial charge is 0.326 e. The Kier molecular flexibility index (Phi) is 7.76. The number of aryl methyl sites for hydroxylation is 1. The standard InChI is InChI=1S/C11H15NO3.C2H6/c1-3-9-6-5-7-10(13)12(9)8-11(14)15-4-2;1-2/h5-7H,3-4,8H2,1-2H3;1-2H3. The number of hydrogen-bond donors (Lipinski definition) is 0. The summed E-state index contributed by atoms with van der Waals surface area (Å²) in [5.74, 6) is -0.375. The van der Waals surface area contributed by atoms with Gasteiger partial charge in [-0.15, -0.1) is 0 Å². The van der Waals surface area contributed by atoms with E-state index in [1.54, 1.807) is 13.0 Å². The van der Waals surface area contributed by atoms with Crippen molar-refractivity contribution >= 4 is 5.97 Å². The van der Waals surface area contributed by atoms with E-state index in [1.165, 1.54) is 10.6 Å². The van der Waals surface area contributed by atoms with Crippen molar-refractivity contribution in [3.63, 3.8) is 0 Å². The summed E-state index contributed by atoms with van der Waals surface area (Å²) in [5.41, 5.74) is 0.679. The summed E-state index contributed by atoms with van der Waals surface area (Å²) in [5, 5.41) is 0. The topological polar surface area (TPSA) is 48.3 Å². The Labute approximate surface area is 102 Å². The van der Waals surface area contributed by atoms with Crippen LogP contribution in [0.5, 0.6) is 0 Å². The van der Waals surface area contributed by atoms with Crippen LogP contribution >= 0.6 is 0 Å². The van der Waals surface area contributed by atoms with Gasteiger partial charge in [-0.3, -0.25) is 9.59 Å². The van der Waals surface area contributed by atoms with E-state index in [2.05, 4.69) is 0 Å². The molecule has 0 aliphatic heterocycles. The molecule has 4 heteroatoms. The highest BCUT2D eigenvalue weighted by molar-refractivity contribution is 5.69. The number of rotatable bonds is 4. The van der Waals surface area contributed by atoms with Gasteiger partial charge in [0.2, 0.25) is 0 Å². The van der Waals surface area contributed by atoms with Crippen LogP contribution in [0, 0.1) is 0 Å². The first-order valence-electron chi connectivity index (χ1n) is 6.03. The third-order valence-electron chi connectivity index (χ3n) is 2.09. The van der Waals surface area contributed by atoms with E-state index < -0.39 is 0 Å². The maximum absolute atomic E-state index is 11.5. The van der Waals surface area contributed by atoms with Gasteiger partial charge in [0.25, 0.3) is 5.56 Å². The third-order valence-corrected chi connectivity index (χ3v) is 2.09. The number of carbonyl (C=O) groups excluding carboxylic acids is 1. The quantitative estimate of drug-likeness (QED) is 0.755. The van der Waals surface area contributed by atoms with Gasteiger partial charge in [0.15, 0.2) is 0 Å². The van der Waals surface area contributed by atoms with E-state index >= 15 is 0 Å². The number of ether oxygens (including phenoxy) is 1. The summed E-state index contributed by atoms with van der Waals surface area (Å²) in [7, 11) is 0. The second-order valence-corrected chi connectivity index (χ2v) is 3.10. The maximum atomic E-state index is 11.5. The number of pyridine rings is 1. The van der Waals surface area contributed by atoms with E-state index in [9.17, 15) is 9.59 Å². The van der Waals surface area contributed by atoms with E-state index in [0.29, 0.717) is 6.61 Å². The molecule has 0 radical (unpaired) electrons.